The number of fused-ring (bicyclic) bond motifs is 2. The number of hydrogen-bond donors (Lipinski definition) is 3. The number of rotatable bonds is 5. The Kier molecular flexibility index (Phi) is 5.24. The van der Waals surface area contributed by atoms with Crippen molar-refractivity contribution in [3.63, 3.8) is 0 Å². The number of nitrogens with one attached hydrogen (secondary N) is 2. The third-order valence-electron chi connectivity index (χ3n) is 6.59. The molecule has 8 nitrogen and oxygen atoms in total. The molecular formula is C27H24N8. The Morgan fingerprint density at radius 1 is 1.09 bits per heavy atom. The number of nitrogens with two attached hydrogens (primary N) is 1. The number of aromatic amines is 1. The number of anilines is 2. The minimum Gasteiger partial charge on any atom is -0.397 e. The SMILES string of the molecule is N#Cc1cnc2cnc(NC3CCN(Cc4ccc(N)cn4)C3)cc2c1-c1c[nH]c2ccccc12. The largest absolute Gasteiger partial charge is 0.397 e. The summed E-state index contributed by atoms with van der Waals surface area (Å²) in [6, 6.07) is 16.6. The molecule has 0 amide bonds. The van der Waals surface area contributed by atoms with Gasteiger partial charge in [0.15, 0.2) is 0 Å². The Hall–Kier alpha value is -4.48. The maximum Gasteiger partial charge on any atom is 0.126 e. The molecule has 0 spiro atoms. The summed E-state index contributed by atoms with van der Waals surface area (Å²) >= 11 is 0. The fourth-order valence-electron chi connectivity index (χ4n) is 4.89. The molecule has 1 atom stereocenters. The van der Waals surface area contributed by atoms with Gasteiger partial charge in [-0.05, 0) is 30.7 Å². The number of para-hydroxylation sites is 1. The molecule has 5 heterocycles. The first kappa shape index (κ1) is 21.1. The molecule has 1 aliphatic rings. The minimum atomic E-state index is 0.275. The van der Waals surface area contributed by atoms with Crippen LogP contribution in [-0.2, 0) is 6.54 Å². The van der Waals surface area contributed by atoms with Crippen molar-refractivity contribution in [1.82, 2.24) is 24.8 Å². The predicted molar refractivity (Wildman–Crippen MR) is 137 cm³/mol. The van der Waals surface area contributed by atoms with E-state index in [2.05, 4.69) is 42.3 Å². The Morgan fingerprint density at radius 2 is 2.00 bits per heavy atom. The molecule has 35 heavy (non-hydrogen) atoms. The van der Waals surface area contributed by atoms with Gasteiger partial charge in [0.2, 0.25) is 0 Å². The highest BCUT2D eigenvalue weighted by atomic mass is 15.2. The topological polar surface area (TPSA) is 120 Å². The van der Waals surface area contributed by atoms with Crippen molar-refractivity contribution in [2.45, 2.75) is 19.0 Å². The second-order valence-electron chi connectivity index (χ2n) is 8.94. The van der Waals surface area contributed by atoms with E-state index in [0.717, 1.165) is 70.5 Å². The summed E-state index contributed by atoms with van der Waals surface area (Å²) in [5.41, 5.74) is 11.7. The molecule has 4 N–H and O–H groups in total. The highest BCUT2D eigenvalue weighted by molar-refractivity contribution is 6.06. The maximum absolute atomic E-state index is 9.86. The molecule has 0 radical (unpaired) electrons. The van der Waals surface area contributed by atoms with Crippen LogP contribution >= 0.6 is 0 Å². The van der Waals surface area contributed by atoms with E-state index in [1.54, 1.807) is 18.6 Å². The van der Waals surface area contributed by atoms with E-state index in [1.807, 2.05) is 42.6 Å². The van der Waals surface area contributed by atoms with E-state index in [1.165, 1.54) is 0 Å². The number of H-pyrrole nitrogens is 1. The highest BCUT2D eigenvalue weighted by Crippen LogP contribution is 2.36. The van der Waals surface area contributed by atoms with Crippen molar-refractivity contribution < 1.29 is 0 Å². The quantitative estimate of drug-likeness (QED) is 0.357. The summed E-state index contributed by atoms with van der Waals surface area (Å²) in [5, 5.41) is 15.4. The van der Waals surface area contributed by atoms with Crippen molar-refractivity contribution in [1.29, 1.82) is 5.26 Å². The summed E-state index contributed by atoms with van der Waals surface area (Å²) in [5.74, 6) is 0.785. The Bertz CT molecular complexity index is 1560. The van der Waals surface area contributed by atoms with Gasteiger partial charge in [0.1, 0.15) is 11.9 Å². The van der Waals surface area contributed by atoms with Crippen molar-refractivity contribution in [3.05, 3.63) is 78.5 Å². The number of benzene rings is 1. The summed E-state index contributed by atoms with van der Waals surface area (Å²) in [6.45, 7) is 2.68. The van der Waals surface area contributed by atoms with Gasteiger partial charge >= 0.3 is 0 Å². The van der Waals surface area contributed by atoms with Crippen LogP contribution in [0.3, 0.4) is 0 Å². The maximum atomic E-state index is 9.86. The number of hydrogen-bond acceptors (Lipinski definition) is 7. The lowest BCUT2D eigenvalue weighted by molar-refractivity contribution is 0.324. The van der Waals surface area contributed by atoms with Gasteiger partial charge < -0.3 is 16.0 Å². The minimum absolute atomic E-state index is 0.275. The van der Waals surface area contributed by atoms with Gasteiger partial charge in [-0.3, -0.25) is 14.9 Å². The van der Waals surface area contributed by atoms with Crippen molar-refractivity contribution in [2.75, 3.05) is 24.1 Å². The van der Waals surface area contributed by atoms with E-state index in [-0.39, 0.29) is 6.04 Å². The second kappa shape index (κ2) is 8.70. The lowest BCUT2D eigenvalue weighted by Gasteiger charge is -2.17. The van der Waals surface area contributed by atoms with E-state index in [9.17, 15) is 5.26 Å². The summed E-state index contributed by atoms with van der Waals surface area (Å²) < 4.78 is 0. The molecule has 1 aliphatic heterocycles. The zero-order valence-electron chi connectivity index (χ0n) is 19.1. The van der Waals surface area contributed by atoms with Gasteiger partial charge in [-0.1, -0.05) is 18.2 Å². The van der Waals surface area contributed by atoms with Crippen LogP contribution in [0.1, 0.15) is 17.7 Å². The molecule has 172 valence electrons. The van der Waals surface area contributed by atoms with E-state index >= 15 is 0 Å². The molecule has 1 fully saturated rings. The van der Waals surface area contributed by atoms with Crippen LogP contribution in [0.4, 0.5) is 11.5 Å². The van der Waals surface area contributed by atoms with Crippen molar-refractivity contribution in [3.8, 4) is 17.2 Å². The predicted octanol–water partition coefficient (Wildman–Crippen LogP) is 4.31. The van der Waals surface area contributed by atoms with Gasteiger partial charge in [-0.15, -0.1) is 0 Å². The molecule has 5 aromatic rings. The summed E-state index contributed by atoms with van der Waals surface area (Å²) in [7, 11) is 0. The number of likely N-dealkylation sites (tertiary alicyclic amines) is 1. The Morgan fingerprint density at radius 3 is 2.86 bits per heavy atom. The van der Waals surface area contributed by atoms with Gasteiger partial charge in [-0.25, -0.2) is 4.98 Å². The lowest BCUT2D eigenvalue weighted by atomic mass is 9.97. The average Bonchev–Trinajstić information content (AvgIpc) is 3.51. The van der Waals surface area contributed by atoms with Crippen molar-refractivity contribution in [2.24, 2.45) is 0 Å². The lowest BCUT2D eigenvalue weighted by Crippen LogP contribution is -2.26. The van der Waals surface area contributed by atoms with Crippen LogP contribution in [0.15, 0.2) is 67.3 Å². The molecule has 1 saturated heterocycles. The van der Waals surface area contributed by atoms with E-state index in [0.29, 0.717) is 11.3 Å². The number of nitrogens with zero attached hydrogens (tertiary/aromatic N) is 5. The molecular weight excluding hydrogens is 436 g/mol. The third-order valence-corrected chi connectivity index (χ3v) is 6.59. The van der Waals surface area contributed by atoms with Crippen LogP contribution in [0.2, 0.25) is 0 Å². The van der Waals surface area contributed by atoms with Crippen LogP contribution in [0, 0.1) is 11.3 Å². The summed E-state index contributed by atoms with van der Waals surface area (Å²) in [6.07, 6.45) is 8.10. The Labute approximate surface area is 202 Å². The molecule has 0 aliphatic carbocycles. The molecule has 4 aromatic heterocycles. The number of aromatic nitrogens is 4. The van der Waals surface area contributed by atoms with Gasteiger partial charge in [0.05, 0.1) is 34.9 Å². The third kappa shape index (κ3) is 4.03. The molecule has 0 saturated carbocycles. The second-order valence-corrected chi connectivity index (χ2v) is 8.94. The highest BCUT2D eigenvalue weighted by Gasteiger charge is 2.23. The number of pyridine rings is 3. The number of nitriles is 1. The van der Waals surface area contributed by atoms with E-state index < -0.39 is 0 Å². The van der Waals surface area contributed by atoms with Gasteiger partial charge in [-0.2, -0.15) is 5.26 Å². The zero-order valence-corrected chi connectivity index (χ0v) is 19.1. The van der Waals surface area contributed by atoms with E-state index in [4.69, 9.17) is 5.73 Å². The molecule has 1 aromatic carbocycles. The molecule has 1 unspecified atom stereocenters. The first-order valence-electron chi connectivity index (χ1n) is 11.6. The van der Waals surface area contributed by atoms with Gasteiger partial charge in [0.25, 0.3) is 0 Å². The van der Waals surface area contributed by atoms with Crippen molar-refractivity contribution >= 4 is 33.3 Å². The zero-order chi connectivity index (χ0) is 23.8. The van der Waals surface area contributed by atoms with Crippen LogP contribution in [0.5, 0.6) is 0 Å². The normalized spacial score (nSPS) is 16.0. The van der Waals surface area contributed by atoms with Crippen LogP contribution < -0.4 is 11.1 Å². The van der Waals surface area contributed by atoms with Crippen LogP contribution in [0.25, 0.3) is 32.9 Å². The molecule has 8 heteroatoms. The molecule has 0 bridgehead atoms. The van der Waals surface area contributed by atoms with Crippen LogP contribution in [-0.4, -0.2) is 44.0 Å². The molecule has 6 rings (SSSR count). The summed E-state index contributed by atoms with van der Waals surface area (Å²) in [4.78, 5) is 19.2. The monoisotopic (exact) mass is 460 g/mol. The first-order valence-corrected chi connectivity index (χ1v) is 11.6. The standard InChI is InChI=1S/C27H24N8/c28-10-17-11-31-25-14-33-26(9-22(25)27(17)23-13-32-24-4-2-1-3-21(23)24)34-20-7-8-35(16-20)15-19-6-5-18(29)12-30-19/h1-6,9,11-14,20,32H,7-8,15-16,29H2,(H,33,34). The first-order chi connectivity index (χ1) is 17.2. The fourth-order valence-corrected chi connectivity index (χ4v) is 4.89. The van der Waals surface area contributed by atoms with Gasteiger partial charge in [0, 0.05) is 65.5 Å². The fraction of sp³-hybridized carbons (Fsp3) is 0.185. The Balaban J connectivity index is 1.29. The number of nitrogen functional groups attached to an aromatic ring is 1. The average molecular weight is 461 g/mol. The smallest absolute Gasteiger partial charge is 0.126 e.